The normalized spacial score (nSPS) is 16.4. The quantitative estimate of drug-likeness (QED) is 0.819. The molecule has 3 rings (SSSR count). The van der Waals surface area contributed by atoms with Crippen molar-refractivity contribution < 1.29 is 9.53 Å². The van der Waals surface area contributed by atoms with E-state index in [0.29, 0.717) is 29.0 Å². The van der Waals surface area contributed by atoms with Gasteiger partial charge in [-0.2, -0.15) is 10.1 Å². The third kappa shape index (κ3) is 3.39. The van der Waals surface area contributed by atoms with Crippen LogP contribution in [0.4, 0.5) is 5.95 Å². The van der Waals surface area contributed by atoms with Gasteiger partial charge >= 0.3 is 5.97 Å². The summed E-state index contributed by atoms with van der Waals surface area (Å²) in [5, 5.41) is 8.35. The second kappa shape index (κ2) is 7.27. The van der Waals surface area contributed by atoms with Crippen LogP contribution >= 0.6 is 11.6 Å². The van der Waals surface area contributed by atoms with E-state index in [9.17, 15) is 4.79 Å². The molecule has 6 nitrogen and oxygen atoms in total. The lowest BCUT2D eigenvalue weighted by molar-refractivity contribution is -0.139. The predicted molar refractivity (Wildman–Crippen MR) is 96.5 cm³/mol. The average Bonchev–Trinajstić information content (AvgIpc) is 2.93. The first kappa shape index (κ1) is 17.5. The molecule has 1 N–H and O–H groups in total. The average molecular weight is 361 g/mol. The minimum absolute atomic E-state index is 0.313. The molecule has 1 unspecified atom stereocenters. The number of hydrogen-bond donors (Lipinski definition) is 1. The van der Waals surface area contributed by atoms with Gasteiger partial charge in [-0.3, -0.25) is 0 Å². The zero-order chi connectivity index (χ0) is 18.0. The van der Waals surface area contributed by atoms with Crippen LogP contribution in [0.15, 0.2) is 35.5 Å². The monoisotopic (exact) mass is 360 g/mol. The van der Waals surface area contributed by atoms with E-state index in [1.165, 1.54) is 0 Å². The van der Waals surface area contributed by atoms with Gasteiger partial charge in [-0.05, 0) is 38.0 Å². The Morgan fingerprint density at radius 2 is 2.20 bits per heavy atom. The number of allylic oxidation sites excluding steroid dienone is 1. The largest absolute Gasteiger partial charge is 0.463 e. The van der Waals surface area contributed by atoms with Gasteiger partial charge in [0.15, 0.2) is 0 Å². The van der Waals surface area contributed by atoms with Crippen LogP contribution in [0.2, 0.25) is 5.02 Å². The zero-order valence-electron chi connectivity index (χ0n) is 14.5. The summed E-state index contributed by atoms with van der Waals surface area (Å²) in [5.41, 5.74) is 2.26. The number of aromatic nitrogens is 3. The maximum atomic E-state index is 12.8. The number of fused-ring (bicyclic) bond motifs is 1. The van der Waals surface area contributed by atoms with E-state index in [2.05, 4.69) is 22.3 Å². The Kier molecular flexibility index (Phi) is 5.08. The molecule has 2 aromatic rings. The van der Waals surface area contributed by atoms with E-state index in [1.54, 1.807) is 17.7 Å². The molecule has 0 aliphatic carbocycles. The Morgan fingerprint density at radius 3 is 2.88 bits per heavy atom. The zero-order valence-corrected chi connectivity index (χ0v) is 15.3. The van der Waals surface area contributed by atoms with Gasteiger partial charge in [0.05, 0.1) is 12.2 Å². The first-order valence-electron chi connectivity index (χ1n) is 8.41. The van der Waals surface area contributed by atoms with E-state index < -0.39 is 6.04 Å². The molecule has 1 aromatic carbocycles. The van der Waals surface area contributed by atoms with Crippen molar-refractivity contribution >= 4 is 23.5 Å². The molecule has 132 valence electrons. The molecular formula is C18H21ClN4O2. The van der Waals surface area contributed by atoms with Crippen molar-refractivity contribution in [2.45, 2.75) is 39.7 Å². The number of hydrogen-bond acceptors (Lipinski definition) is 5. The maximum Gasteiger partial charge on any atom is 0.338 e. The highest BCUT2D eigenvalue weighted by molar-refractivity contribution is 6.30. The van der Waals surface area contributed by atoms with Crippen LogP contribution in [0.5, 0.6) is 0 Å². The lowest BCUT2D eigenvalue weighted by Gasteiger charge is -2.29. The SMILES string of the molecule is CCCC1=C(C(=O)OCC)C(c2cccc(Cl)c2)n2nc(C)nc2N1. The number of carbonyl (C=O) groups is 1. The number of halogens is 1. The molecule has 0 amide bonds. The summed E-state index contributed by atoms with van der Waals surface area (Å²) in [6, 6.07) is 7.04. The van der Waals surface area contributed by atoms with Crippen LogP contribution < -0.4 is 5.32 Å². The van der Waals surface area contributed by atoms with Crippen molar-refractivity contribution in [2.75, 3.05) is 11.9 Å². The van der Waals surface area contributed by atoms with Crippen LogP contribution in [-0.2, 0) is 9.53 Å². The molecule has 7 heteroatoms. The highest BCUT2D eigenvalue weighted by Crippen LogP contribution is 2.37. The first-order valence-corrected chi connectivity index (χ1v) is 8.78. The van der Waals surface area contributed by atoms with E-state index in [4.69, 9.17) is 16.3 Å². The highest BCUT2D eigenvalue weighted by atomic mass is 35.5. The number of rotatable bonds is 5. The van der Waals surface area contributed by atoms with Gasteiger partial charge in [0.25, 0.3) is 0 Å². The Morgan fingerprint density at radius 1 is 1.40 bits per heavy atom. The number of nitrogens with one attached hydrogen (secondary N) is 1. The predicted octanol–water partition coefficient (Wildman–Crippen LogP) is 3.87. The topological polar surface area (TPSA) is 69.0 Å². The minimum atomic E-state index is -0.420. The summed E-state index contributed by atoms with van der Waals surface area (Å²) in [6.07, 6.45) is 1.61. The summed E-state index contributed by atoms with van der Waals surface area (Å²) in [7, 11) is 0. The first-order chi connectivity index (χ1) is 12.0. The molecule has 0 saturated carbocycles. The van der Waals surface area contributed by atoms with E-state index in [0.717, 1.165) is 24.1 Å². The molecule has 1 aromatic heterocycles. The van der Waals surface area contributed by atoms with E-state index in [1.807, 2.05) is 25.1 Å². The van der Waals surface area contributed by atoms with E-state index >= 15 is 0 Å². The summed E-state index contributed by atoms with van der Waals surface area (Å²) in [6.45, 7) is 6.00. The summed E-state index contributed by atoms with van der Waals surface area (Å²) in [5.74, 6) is 0.914. The second-order valence-corrected chi connectivity index (χ2v) is 6.31. The van der Waals surface area contributed by atoms with Gasteiger partial charge in [0, 0.05) is 10.7 Å². The highest BCUT2D eigenvalue weighted by Gasteiger charge is 2.35. The van der Waals surface area contributed by atoms with Gasteiger partial charge in [-0.25, -0.2) is 9.48 Å². The molecule has 2 heterocycles. The van der Waals surface area contributed by atoms with Crippen LogP contribution in [-0.4, -0.2) is 27.3 Å². The fraction of sp³-hybridized carbons (Fsp3) is 0.389. The number of anilines is 1. The molecule has 1 aliphatic rings. The maximum absolute atomic E-state index is 12.8. The number of ether oxygens (including phenoxy) is 1. The summed E-state index contributed by atoms with van der Waals surface area (Å²) >= 11 is 6.19. The third-order valence-electron chi connectivity index (χ3n) is 4.00. The molecule has 1 aliphatic heterocycles. The number of benzene rings is 1. The number of esters is 1. The summed E-state index contributed by atoms with van der Waals surface area (Å²) < 4.78 is 7.06. The van der Waals surface area contributed by atoms with Crippen molar-refractivity contribution in [3.8, 4) is 0 Å². The number of nitrogens with zero attached hydrogens (tertiary/aromatic N) is 3. The molecule has 0 spiro atoms. The van der Waals surface area contributed by atoms with Crippen molar-refractivity contribution in [1.29, 1.82) is 0 Å². The van der Waals surface area contributed by atoms with Crippen molar-refractivity contribution in [3.05, 3.63) is 51.9 Å². The molecule has 0 radical (unpaired) electrons. The van der Waals surface area contributed by atoms with Gasteiger partial charge in [0.1, 0.15) is 11.9 Å². The summed E-state index contributed by atoms with van der Waals surface area (Å²) in [4.78, 5) is 17.2. The second-order valence-electron chi connectivity index (χ2n) is 5.87. The molecule has 0 fully saturated rings. The smallest absolute Gasteiger partial charge is 0.338 e. The Hall–Kier alpha value is -2.34. The Bertz CT molecular complexity index is 828. The fourth-order valence-corrected chi connectivity index (χ4v) is 3.26. The van der Waals surface area contributed by atoms with Crippen LogP contribution in [0.3, 0.4) is 0 Å². The molecular weight excluding hydrogens is 340 g/mol. The minimum Gasteiger partial charge on any atom is -0.463 e. The molecule has 1 atom stereocenters. The lowest BCUT2D eigenvalue weighted by atomic mass is 9.94. The van der Waals surface area contributed by atoms with Crippen molar-refractivity contribution in [3.63, 3.8) is 0 Å². The van der Waals surface area contributed by atoms with E-state index in [-0.39, 0.29) is 5.97 Å². The molecule has 25 heavy (non-hydrogen) atoms. The van der Waals surface area contributed by atoms with Gasteiger partial charge in [0.2, 0.25) is 5.95 Å². The van der Waals surface area contributed by atoms with Crippen LogP contribution in [0.25, 0.3) is 0 Å². The Balaban J connectivity index is 2.20. The lowest BCUT2D eigenvalue weighted by Crippen LogP contribution is -2.30. The van der Waals surface area contributed by atoms with Crippen molar-refractivity contribution in [1.82, 2.24) is 14.8 Å². The van der Waals surface area contributed by atoms with Crippen LogP contribution in [0.1, 0.15) is 44.1 Å². The van der Waals surface area contributed by atoms with Gasteiger partial charge in [-0.1, -0.05) is 37.1 Å². The van der Waals surface area contributed by atoms with Crippen molar-refractivity contribution in [2.24, 2.45) is 0 Å². The Labute approximate surface area is 151 Å². The van der Waals surface area contributed by atoms with Gasteiger partial charge < -0.3 is 10.1 Å². The van der Waals surface area contributed by atoms with Crippen LogP contribution in [0, 0.1) is 6.92 Å². The number of aryl methyl sites for hydroxylation is 1. The fourth-order valence-electron chi connectivity index (χ4n) is 3.06. The standard InChI is InChI=1S/C18H21ClN4O2/c1-4-7-14-15(17(24)25-5-2)16(12-8-6-9-13(19)10-12)23-18(21-14)20-11(3)22-23/h6,8-10,16H,4-5,7H2,1-3H3,(H,20,21,22). The number of carbonyl (C=O) groups excluding carboxylic acids is 1. The molecule has 0 bridgehead atoms. The van der Waals surface area contributed by atoms with Gasteiger partial charge in [-0.15, -0.1) is 0 Å². The third-order valence-corrected chi connectivity index (χ3v) is 4.24. The molecule has 0 saturated heterocycles.